The number of nitrogens with one attached hydrogen (secondary N) is 1. The molecule has 3 atom stereocenters. The van der Waals surface area contributed by atoms with Crippen molar-refractivity contribution in [3.8, 4) is 0 Å². The number of hydrogen-bond acceptors (Lipinski definition) is 6. The largest absolute Gasteiger partial charge is 0.452 e. The van der Waals surface area contributed by atoms with Crippen LogP contribution in [0.2, 0.25) is 5.02 Å². The number of sulfonamides is 1. The van der Waals surface area contributed by atoms with Crippen LogP contribution in [-0.2, 0) is 24.3 Å². The molecule has 1 saturated heterocycles. The molecule has 10 heteroatoms. The zero-order chi connectivity index (χ0) is 22.6. The van der Waals surface area contributed by atoms with Crippen LogP contribution in [0.15, 0.2) is 23.1 Å². The van der Waals surface area contributed by atoms with Crippen LogP contribution in [0.3, 0.4) is 0 Å². The predicted octanol–water partition coefficient (Wildman–Crippen LogP) is 2.46. The average molecular weight is 473 g/mol. The van der Waals surface area contributed by atoms with Crippen LogP contribution in [0, 0.1) is 11.8 Å². The molecule has 31 heavy (non-hydrogen) atoms. The SMILES string of the molecule is C[C@H]1[C@H](C)CCC[C@@H]1NC(=O)COC(=O)c1cc(S(=O)(=O)N2CCOCC2)ccc1Cl. The highest BCUT2D eigenvalue weighted by molar-refractivity contribution is 7.89. The summed E-state index contributed by atoms with van der Waals surface area (Å²) in [6.45, 7) is 4.94. The molecular formula is C21H29ClN2O6S. The number of benzene rings is 1. The van der Waals surface area contributed by atoms with Crippen LogP contribution in [0.4, 0.5) is 0 Å². The summed E-state index contributed by atoms with van der Waals surface area (Å²) < 4.78 is 37.3. The van der Waals surface area contributed by atoms with E-state index >= 15 is 0 Å². The molecule has 0 bridgehead atoms. The fourth-order valence-electron chi connectivity index (χ4n) is 4.00. The van der Waals surface area contributed by atoms with E-state index in [1.54, 1.807) is 0 Å². The summed E-state index contributed by atoms with van der Waals surface area (Å²) in [4.78, 5) is 24.7. The number of halogens is 1. The molecule has 2 aliphatic rings. The smallest absolute Gasteiger partial charge is 0.340 e. The van der Waals surface area contributed by atoms with Gasteiger partial charge in [0, 0.05) is 19.1 Å². The van der Waals surface area contributed by atoms with Gasteiger partial charge in [0.25, 0.3) is 5.91 Å². The summed E-state index contributed by atoms with van der Waals surface area (Å²) in [7, 11) is -3.79. The topological polar surface area (TPSA) is 102 Å². The van der Waals surface area contributed by atoms with Crippen LogP contribution in [0.25, 0.3) is 0 Å². The lowest BCUT2D eigenvalue weighted by molar-refractivity contribution is -0.125. The normalized spacial score (nSPS) is 25.1. The van der Waals surface area contributed by atoms with Gasteiger partial charge < -0.3 is 14.8 Å². The summed E-state index contributed by atoms with van der Waals surface area (Å²) in [6.07, 6.45) is 3.10. The van der Waals surface area contributed by atoms with Gasteiger partial charge >= 0.3 is 5.97 Å². The zero-order valence-electron chi connectivity index (χ0n) is 17.8. The number of esters is 1. The van der Waals surface area contributed by atoms with Crippen molar-refractivity contribution in [2.75, 3.05) is 32.9 Å². The second-order valence-electron chi connectivity index (χ2n) is 8.18. The summed E-state index contributed by atoms with van der Waals surface area (Å²) >= 11 is 6.10. The highest BCUT2D eigenvalue weighted by atomic mass is 35.5. The molecule has 1 aliphatic carbocycles. The van der Waals surface area contributed by atoms with Gasteiger partial charge in [-0.05, 0) is 36.5 Å². The van der Waals surface area contributed by atoms with Crippen LogP contribution in [0.5, 0.6) is 0 Å². The molecular weight excluding hydrogens is 444 g/mol. The monoisotopic (exact) mass is 472 g/mol. The summed E-state index contributed by atoms with van der Waals surface area (Å²) in [6, 6.07) is 3.94. The number of morpholine rings is 1. The first-order valence-electron chi connectivity index (χ1n) is 10.5. The zero-order valence-corrected chi connectivity index (χ0v) is 19.4. The van der Waals surface area contributed by atoms with Crippen molar-refractivity contribution in [1.29, 1.82) is 0 Å². The Hall–Kier alpha value is -1.68. The number of ether oxygens (including phenoxy) is 2. The number of amides is 1. The van der Waals surface area contributed by atoms with E-state index in [2.05, 4.69) is 19.2 Å². The maximum absolute atomic E-state index is 12.8. The Labute approximate surface area is 188 Å². The third-order valence-corrected chi connectivity index (χ3v) is 8.38. The van der Waals surface area contributed by atoms with Gasteiger partial charge in [0.1, 0.15) is 0 Å². The molecule has 2 fully saturated rings. The molecule has 172 valence electrons. The van der Waals surface area contributed by atoms with Crippen LogP contribution in [0.1, 0.15) is 43.5 Å². The quantitative estimate of drug-likeness (QED) is 0.638. The molecule has 1 aliphatic heterocycles. The van der Waals surface area contributed by atoms with Gasteiger partial charge in [-0.15, -0.1) is 0 Å². The molecule has 0 aromatic heterocycles. The van der Waals surface area contributed by atoms with Gasteiger partial charge in [-0.2, -0.15) is 4.31 Å². The van der Waals surface area contributed by atoms with E-state index < -0.39 is 22.6 Å². The third kappa shape index (κ3) is 5.77. The first-order valence-corrected chi connectivity index (χ1v) is 12.4. The molecule has 0 radical (unpaired) electrons. The van der Waals surface area contributed by atoms with Crippen molar-refractivity contribution in [2.45, 2.75) is 44.0 Å². The predicted molar refractivity (Wildman–Crippen MR) is 115 cm³/mol. The molecule has 3 rings (SSSR count). The maximum atomic E-state index is 12.8. The van der Waals surface area contributed by atoms with E-state index in [9.17, 15) is 18.0 Å². The maximum Gasteiger partial charge on any atom is 0.340 e. The molecule has 1 heterocycles. The van der Waals surface area contributed by atoms with Crippen molar-refractivity contribution >= 4 is 33.5 Å². The van der Waals surface area contributed by atoms with Crippen molar-refractivity contribution in [1.82, 2.24) is 9.62 Å². The van der Waals surface area contributed by atoms with Gasteiger partial charge in [0.15, 0.2) is 6.61 Å². The van der Waals surface area contributed by atoms with Crippen LogP contribution >= 0.6 is 11.6 Å². The van der Waals surface area contributed by atoms with Gasteiger partial charge in [-0.3, -0.25) is 4.79 Å². The fraction of sp³-hybridized carbons (Fsp3) is 0.619. The number of carbonyl (C=O) groups excluding carboxylic acids is 2. The van der Waals surface area contributed by atoms with Crippen molar-refractivity contribution in [3.05, 3.63) is 28.8 Å². The number of nitrogens with zero attached hydrogens (tertiary/aromatic N) is 1. The first-order chi connectivity index (χ1) is 14.7. The summed E-state index contributed by atoms with van der Waals surface area (Å²) in [5.74, 6) is -0.349. The molecule has 1 aromatic rings. The molecule has 8 nitrogen and oxygen atoms in total. The summed E-state index contributed by atoms with van der Waals surface area (Å²) in [5, 5.41) is 2.99. The Kier molecular flexibility index (Phi) is 7.96. The minimum absolute atomic E-state index is 0.0554. The first kappa shape index (κ1) is 24.0. The lowest BCUT2D eigenvalue weighted by atomic mass is 9.78. The lowest BCUT2D eigenvalue weighted by Crippen LogP contribution is -2.45. The van der Waals surface area contributed by atoms with Gasteiger partial charge in [-0.25, -0.2) is 13.2 Å². The van der Waals surface area contributed by atoms with Gasteiger partial charge in [-0.1, -0.05) is 38.3 Å². The average Bonchev–Trinajstić information content (AvgIpc) is 2.76. The molecule has 0 spiro atoms. The number of hydrogen-bond donors (Lipinski definition) is 1. The molecule has 1 aromatic carbocycles. The van der Waals surface area contributed by atoms with Gasteiger partial charge in [0.05, 0.1) is 28.7 Å². The van der Waals surface area contributed by atoms with Crippen molar-refractivity contribution in [2.24, 2.45) is 11.8 Å². The molecule has 1 saturated carbocycles. The third-order valence-electron chi connectivity index (χ3n) is 6.15. The highest BCUT2D eigenvalue weighted by Crippen LogP contribution is 2.29. The van der Waals surface area contributed by atoms with E-state index in [1.165, 1.54) is 22.5 Å². The minimum Gasteiger partial charge on any atom is -0.452 e. The van der Waals surface area contributed by atoms with E-state index in [1.807, 2.05) is 0 Å². The second-order valence-corrected chi connectivity index (χ2v) is 10.5. The number of carbonyl (C=O) groups is 2. The van der Waals surface area contributed by atoms with E-state index in [4.69, 9.17) is 21.1 Å². The van der Waals surface area contributed by atoms with E-state index in [0.29, 0.717) is 25.0 Å². The molecule has 1 N–H and O–H groups in total. The Morgan fingerprint density at radius 3 is 2.65 bits per heavy atom. The Morgan fingerprint density at radius 2 is 1.94 bits per heavy atom. The van der Waals surface area contributed by atoms with Crippen LogP contribution in [-0.4, -0.2) is 63.6 Å². The highest BCUT2D eigenvalue weighted by Gasteiger charge is 2.29. The Bertz CT molecular complexity index is 916. The second kappa shape index (κ2) is 10.3. The number of rotatable bonds is 6. The molecule has 0 unspecified atom stereocenters. The van der Waals surface area contributed by atoms with Gasteiger partial charge in [0.2, 0.25) is 10.0 Å². The van der Waals surface area contributed by atoms with Crippen molar-refractivity contribution < 1.29 is 27.5 Å². The molecule has 1 amide bonds. The van der Waals surface area contributed by atoms with Crippen LogP contribution < -0.4 is 5.32 Å². The fourth-order valence-corrected chi connectivity index (χ4v) is 5.63. The summed E-state index contributed by atoms with van der Waals surface area (Å²) in [5.41, 5.74) is -0.0940. The van der Waals surface area contributed by atoms with E-state index in [-0.39, 0.29) is 40.5 Å². The standard InChI is InChI=1S/C21H29ClN2O6S/c1-14-4-3-5-19(15(14)2)23-20(25)13-30-21(26)17-12-16(6-7-18(17)22)31(27,28)24-8-10-29-11-9-24/h6-7,12,14-15,19H,3-5,8-11,13H2,1-2H3,(H,23,25)/t14-,15+,19+/m1/s1. The lowest BCUT2D eigenvalue weighted by Gasteiger charge is -2.34. The minimum atomic E-state index is -3.79. The van der Waals surface area contributed by atoms with Crippen molar-refractivity contribution in [3.63, 3.8) is 0 Å². The Balaban J connectivity index is 1.63. The Morgan fingerprint density at radius 1 is 1.23 bits per heavy atom. The van der Waals surface area contributed by atoms with E-state index in [0.717, 1.165) is 19.3 Å².